The highest BCUT2D eigenvalue weighted by Crippen LogP contribution is 2.34. The van der Waals surface area contributed by atoms with Crippen molar-refractivity contribution in [2.24, 2.45) is 0 Å². The van der Waals surface area contributed by atoms with Crippen LogP contribution in [-0.4, -0.2) is 9.97 Å². The van der Waals surface area contributed by atoms with Gasteiger partial charge in [-0.3, -0.25) is 0 Å². The summed E-state index contributed by atoms with van der Waals surface area (Å²) in [5.41, 5.74) is 0.537. The van der Waals surface area contributed by atoms with Gasteiger partial charge in [-0.05, 0) is 18.9 Å². The lowest BCUT2D eigenvalue weighted by molar-refractivity contribution is -0.145. The first kappa shape index (κ1) is 10.4. The van der Waals surface area contributed by atoms with Crippen molar-refractivity contribution in [3.63, 3.8) is 0 Å². The van der Waals surface area contributed by atoms with Gasteiger partial charge in [0.05, 0.1) is 0 Å². The first-order valence-electron chi connectivity index (χ1n) is 4.97. The van der Waals surface area contributed by atoms with E-state index in [2.05, 4.69) is 9.97 Å². The van der Waals surface area contributed by atoms with Crippen molar-refractivity contribution >= 4 is 0 Å². The second-order valence-electron chi connectivity index (χ2n) is 3.78. The molecule has 0 amide bonds. The minimum atomic E-state index is -4.44. The summed E-state index contributed by atoms with van der Waals surface area (Å²) in [6, 6.07) is 1.59. The summed E-state index contributed by atoms with van der Waals surface area (Å²) in [5, 5.41) is 0. The summed E-state index contributed by atoms with van der Waals surface area (Å²) in [6.45, 7) is 0. The van der Waals surface area contributed by atoms with Gasteiger partial charge in [-0.25, -0.2) is 9.97 Å². The Morgan fingerprint density at radius 1 is 1.20 bits per heavy atom. The molecule has 1 aliphatic carbocycles. The van der Waals surface area contributed by atoms with E-state index < -0.39 is 12.0 Å². The van der Waals surface area contributed by atoms with E-state index in [4.69, 9.17) is 0 Å². The van der Waals surface area contributed by atoms with E-state index in [1.165, 1.54) is 6.20 Å². The average Bonchev–Trinajstić information content (AvgIpc) is 2.69. The lowest BCUT2D eigenvalue weighted by Crippen LogP contribution is -2.12. The molecule has 0 radical (unpaired) electrons. The van der Waals surface area contributed by atoms with Crippen LogP contribution in [0.5, 0.6) is 0 Å². The molecule has 0 aliphatic heterocycles. The first-order chi connectivity index (χ1) is 7.07. The molecule has 0 saturated heterocycles. The van der Waals surface area contributed by atoms with Crippen molar-refractivity contribution < 1.29 is 13.2 Å². The molecule has 2 rings (SSSR count). The first-order valence-corrected chi connectivity index (χ1v) is 4.97. The van der Waals surface area contributed by atoms with Gasteiger partial charge in [0.15, 0.2) is 0 Å². The zero-order chi connectivity index (χ0) is 10.9. The summed E-state index contributed by atoms with van der Waals surface area (Å²) < 4.78 is 37.0. The Bertz CT molecular complexity index is 343. The molecule has 1 aliphatic rings. The number of aromatic nitrogens is 2. The summed E-state index contributed by atoms with van der Waals surface area (Å²) in [5.74, 6) is -0.832. The molecule has 1 heterocycles. The zero-order valence-corrected chi connectivity index (χ0v) is 8.09. The minimum Gasteiger partial charge on any atom is -0.233 e. The number of nitrogens with zero attached hydrogens (tertiary/aromatic N) is 2. The molecule has 1 aromatic heterocycles. The third-order valence-corrected chi connectivity index (χ3v) is 2.70. The maximum Gasteiger partial charge on any atom is 0.451 e. The van der Waals surface area contributed by atoms with Crippen molar-refractivity contribution in [3.8, 4) is 0 Å². The molecule has 1 saturated carbocycles. The second kappa shape index (κ2) is 3.79. The molecule has 2 nitrogen and oxygen atoms in total. The van der Waals surface area contributed by atoms with Gasteiger partial charge in [0.1, 0.15) is 0 Å². The van der Waals surface area contributed by atoms with Gasteiger partial charge < -0.3 is 0 Å². The standard InChI is InChI=1S/C10H11F3N2/c11-10(12,13)9-14-6-5-8(15-9)7-3-1-2-4-7/h5-7H,1-4H2. The number of hydrogen-bond acceptors (Lipinski definition) is 2. The van der Waals surface area contributed by atoms with Crippen LogP contribution in [0.4, 0.5) is 13.2 Å². The molecule has 1 aromatic rings. The van der Waals surface area contributed by atoms with Gasteiger partial charge in [-0.15, -0.1) is 0 Å². The Morgan fingerprint density at radius 2 is 1.87 bits per heavy atom. The summed E-state index contributed by atoms with van der Waals surface area (Å²) in [4.78, 5) is 6.84. The Labute approximate surface area is 85.6 Å². The second-order valence-corrected chi connectivity index (χ2v) is 3.78. The molecule has 1 fully saturated rings. The predicted molar refractivity (Wildman–Crippen MR) is 48.2 cm³/mol. The Kier molecular flexibility index (Phi) is 2.63. The highest BCUT2D eigenvalue weighted by Gasteiger charge is 2.35. The molecule has 82 valence electrons. The van der Waals surface area contributed by atoms with Crippen LogP contribution in [0.25, 0.3) is 0 Å². The summed E-state index contributed by atoms with van der Waals surface area (Å²) in [6.07, 6.45) is 0.798. The van der Waals surface area contributed by atoms with Crippen LogP contribution < -0.4 is 0 Å². The van der Waals surface area contributed by atoms with Crippen LogP contribution in [-0.2, 0) is 6.18 Å². The Hall–Kier alpha value is -1.13. The smallest absolute Gasteiger partial charge is 0.233 e. The van der Waals surface area contributed by atoms with Crippen molar-refractivity contribution in [2.45, 2.75) is 37.8 Å². The van der Waals surface area contributed by atoms with Crippen molar-refractivity contribution in [3.05, 3.63) is 23.8 Å². The predicted octanol–water partition coefficient (Wildman–Crippen LogP) is 3.15. The SMILES string of the molecule is FC(F)(F)c1nccc(C2CCCC2)n1. The van der Waals surface area contributed by atoms with Crippen molar-refractivity contribution in [1.29, 1.82) is 0 Å². The topological polar surface area (TPSA) is 25.8 Å². The van der Waals surface area contributed by atoms with Gasteiger partial charge in [-0.2, -0.15) is 13.2 Å². The van der Waals surface area contributed by atoms with E-state index in [0.717, 1.165) is 25.7 Å². The van der Waals surface area contributed by atoms with Gasteiger partial charge in [-0.1, -0.05) is 12.8 Å². The van der Waals surface area contributed by atoms with Gasteiger partial charge in [0.25, 0.3) is 0 Å². The third-order valence-electron chi connectivity index (χ3n) is 2.70. The fourth-order valence-electron chi connectivity index (χ4n) is 1.96. The molecular weight excluding hydrogens is 205 g/mol. The Morgan fingerprint density at radius 3 is 2.47 bits per heavy atom. The van der Waals surface area contributed by atoms with Gasteiger partial charge in [0, 0.05) is 17.8 Å². The molecule has 0 atom stereocenters. The van der Waals surface area contributed by atoms with Crippen LogP contribution >= 0.6 is 0 Å². The van der Waals surface area contributed by atoms with Crippen LogP contribution in [0.15, 0.2) is 12.3 Å². The molecule has 5 heteroatoms. The maximum atomic E-state index is 12.3. The summed E-state index contributed by atoms with van der Waals surface area (Å²) >= 11 is 0. The normalized spacial score (nSPS) is 18.3. The van der Waals surface area contributed by atoms with Crippen LogP contribution in [0, 0.1) is 0 Å². The van der Waals surface area contributed by atoms with Gasteiger partial charge >= 0.3 is 6.18 Å². The number of rotatable bonds is 1. The van der Waals surface area contributed by atoms with Crippen LogP contribution in [0.1, 0.15) is 43.1 Å². The molecule has 0 aromatic carbocycles. The van der Waals surface area contributed by atoms with E-state index in [1.54, 1.807) is 6.07 Å². The highest BCUT2D eigenvalue weighted by molar-refractivity contribution is 5.11. The number of hydrogen-bond donors (Lipinski definition) is 0. The van der Waals surface area contributed by atoms with E-state index in [9.17, 15) is 13.2 Å². The number of halogens is 3. The highest BCUT2D eigenvalue weighted by atomic mass is 19.4. The lowest BCUT2D eigenvalue weighted by atomic mass is 10.0. The van der Waals surface area contributed by atoms with Crippen LogP contribution in [0.2, 0.25) is 0 Å². The fourth-order valence-corrected chi connectivity index (χ4v) is 1.96. The average molecular weight is 216 g/mol. The van der Waals surface area contributed by atoms with E-state index in [0.29, 0.717) is 5.69 Å². The van der Waals surface area contributed by atoms with Gasteiger partial charge in [0.2, 0.25) is 5.82 Å². The van der Waals surface area contributed by atoms with E-state index in [-0.39, 0.29) is 5.92 Å². The molecule has 0 unspecified atom stereocenters. The molecule has 0 spiro atoms. The molecule has 0 N–H and O–H groups in total. The zero-order valence-electron chi connectivity index (χ0n) is 8.09. The number of alkyl halides is 3. The minimum absolute atomic E-state index is 0.189. The van der Waals surface area contributed by atoms with Crippen LogP contribution in [0.3, 0.4) is 0 Å². The Balaban J connectivity index is 2.26. The summed E-state index contributed by atoms with van der Waals surface area (Å²) in [7, 11) is 0. The van der Waals surface area contributed by atoms with E-state index >= 15 is 0 Å². The van der Waals surface area contributed by atoms with Crippen molar-refractivity contribution in [2.75, 3.05) is 0 Å². The lowest BCUT2D eigenvalue weighted by Gasteiger charge is -2.10. The third kappa shape index (κ3) is 2.27. The fraction of sp³-hybridized carbons (Fsp3) is 0.600. The molecule has 15 heavy (non-hydrogen) atoms. The molecular formula is C10H11F3N2. The monoisotopic (exact) mass is 216 g/mol. The molecule has 0 bridgehead atoms. The van der Waals surface area contributed by atoms with E-state index in [1.807, 2.05) is 0 Å². The maximum absolute atomic E-state index is 12.3. The largest absolute Gasteiger partial charge is 0.451 e. The van der Waals surface area contributed by atoms with Crippen molar-refractivity contribution in [1.82, 2.24) is 9.97 Å². The quantitative estimate of drug-likeness (QED) is 0.720.